The molecule has 0 amide bonds. The highest BCUT2D eigenvalue weighted by atomic mass is 16.1. The Morgan fingerprint density at radius 3 is 2.76 bits per heavy atom. The van der Waals surface area contributed by atoms with E-state index in [1.54, 1.807) is 6.07 Å². The van der Waals surface area contributed by atoms with Crippen molar-refractivity contribution in [3.8, 4) is 0 Å². The van der Waals surface area contributed by atoms with E-state index < -0.39 is 0 Å². The summed E-state index contributed by atoms with van der Waals surface area (Å²) in [5.41, 5.74) is 0.609. The van der Waals surface area contributed by atoms with Crippen LogP contribution in [-0.2, 0) is 6.67 Å². The van der Waals surface area contributed by atoms with E-state index in [0.29, 0.717) is 17.6 Å². The molecule has 3 rings (SSSR count). The molecule has 17 heavy (non-hydrogen) atoms. The minimum absolute atomic E-state index is 0.0532. The average molecular weight is 230 g/mol. The molecule has 0 bridgehead atoms. The molecule has 88 valence electrons. The van der Waals surface area contributed by atoms with Crippen molar-refractivity contribution in [2.24, 2.45) is 0 Å². The Balaban J connectivity index is 1.99. The highest BCUT2D eigenvalue weighted by Crippen LogP contribution is 2.08. The van der Waals surface area contributed by atoms with Gasteiger partial charge in [0, 0.05) is 0 Å². The van der Waals surface area contributed by atoms with E-state index in [2.05, 4.69) is 15.2 Å². The molecule has 0 saturated carbocycles. The molecule has 1 fully saturated rings. The molecule has 2 aromatic rings. The third-order valence-corrected chi connectivity index (χ3v) is 3.16. The molecule has 0 radical (unpaired) electrons. The Labute approximate surface area is 98.7 Å². The first-order valence-electron chi connectivity index (χ1n) is 5.89. The van der Waals surface area contributed by atoms with E-state index in [-0.39, 0.29) is 5.56 Å². The first-order chi connectivity index (χ1) is 8.34. The quantitative estimate of drug-likeness (QED) is 0.767. The van der Waals surface area contributed by atoms with Crippen molar-refractivity contribution in [3.63, 3.8) is 0 Å². The van der Waals surface area contributed by atoms with Crippen molar-refractivity contribution in [1.82, 2.24) is 19.9 Å². The van der Waals surface area contributed by atoms with Crippen LogP contribution in [0.4, 0.5) is 0 Å². The van der Waals surface area contributed by atoms with Gasteiger partial charge in [0.25, 0.3) is 5.56 Å². The third-order valence-electron chi connectivity index (χ3n) is 3.16. The van der Waals surface area contributed by atoms with Crippen molar-refractivity contribution in [1.29, 1.82) is 0 Å². The predicted octanol–water partition coefficient (Wildman–Crippen LogP) is 0.845. The maximum atomic E-state index is 12.1. The molecule has 1 aromatic carbocycles. The van der Waals surface area contributed by atoms with Crippen LogP contribution < -0.4 is 5.56 Å². The minimum atomic E-state index is -0.0532. The van der Waals surface area contributed by atoms with E-state index in [0.717, 1.165) is 13.1 Å². The molecule has 0 atom stereocenters. The van der Waals surface area contributed by atoms with Crippen LogP contribution >= 0.6 is 0 Å². The Morgan fingerprint density at radius 2 is 1.94 bits per heavy atom. The average Bonchev–Trinajstić information content (AvgIpc) is 2.86. The molecule has 1 aliphatic rings. The number of benzene rings is 1. The van der Waals surface area contributed by atoms with Gasteiger partial charge < -0.3 is 0 Å². The molecule has 1 aliphatic heterocycles. The van der Waals surface area contributed by atoms with Gasteiger partial charge in [-0.15, -0.1) is 5.10 Å². The van der Waals surface area contributed by atoms with Crippen LogP contribution in [0.5, 0.6) is 0 Å². The molecule has 5 heteroatoms. The predicted molar refractivity (Wildman–Crippen MR) is 64.6 cm³/mol. The van der Waals surface area contributed by atoms with E-state index >= 15 is 0 Å². The lowest BCUT2D eigenvalue weighted by Gasteiger charge is -2.14. The van der Waals surface area contributed by atoms with E-state index in [9.17, 15) is 4.79 Å². The number of likely N-dealkylation sites (tertiary alicyclic amines) is 1. The molecule has 0 spiro atoms. The standard InChI is InChI=1S/C12H14N4O/c17-12-10-5-1-2-6-11(10)13-14-16(12)9-15-7-3-4-8-15/h1-2,5-6H,3-4,7-9H2. The van der Waals surface area contributed by atoms with Crippen LogP contribution in [0.15, 0.2) is 29.1 Å². The van der Waals surface area contributed by atoms with Crippen molar-refractivity contribution in [2.75, 3.05) is 13.1 Å². The van der Waals surface area contributed by atoms with Gasteiger partial charge in [-0.3, -0.25) is 9.69 Å². The first-order valence-corrected chi connectivity index (χ1v) is 5.89. The second-order valence-corrected chi connectivity index (χ2v) is 4.38. The number of hydrogen-bond donors (Lipinski definition) is 0. The number of nitrogens with zero attached hydrogens (tertiary/aromatic N) is 4. The maximum Gasteiger partial charge on any atom is 0.278 e. The van der Waals surface area contributed by atoms with Crippen molar-refractivity contribution in [3.05, 3.63) is 34.6 Å². The van der Waals surface area contributed by atoms with Crippen molar-refractivity contribution < 1.29 is 0 Å². The highest BCUT2D eigenvalue weighted by Gasteiger charge is 2.13. The zero-order valence-corrected chi connectivity index (χ0v) is 9.54. The Morgan fingerprint density at radius 1 is 1.18 bits per heavy atom. The van der Waals surface area contributed by atoms with Crippen molar-refractivity contribution in [2.45, 2.75) is 19.5 Å². The fraction of sp³-hybridized carbons (Fsp3) is 0.417. The first kappa shape index (κ1) is 10.4. The van der Waals surface area contributed by atoms with Crippen LogP contribution in [0, 0.1) is 0 Å². The largest absolute Gasteiger partial charge is 0.284 e. The Bertz CT molecular complexity index is 586. The molecule has 1 aromatic heterocycles. The van der Waals surface area contributed by atoms with Gasteiger partial charge in [-0.1, -0.05) is 17.3 Å². The normalized spacial score (nSPS) is 16.7. The summed E-state index contributed by atoms with van der Waals surface area (Å²) in [5, 5.41) is 8.69. The third kappa shape index (κ3) is 1.93. The number of hydrogen-bond acceptors (Lipinski definition) is 4. The van der Waals surface area contributed by atoms with E-state index in [1.165, 1.54) is 17.5 Å². The molecule has 2 heterocycles. The fourth-order valence-electron chi connectivity index (χ4n) is 2.23. The van der Waals surface area contributed by atoms with Gasteiger partial charge in [-0.25, -0.2) is 0 Å². The smallest absolute Gasteiger partial charge is 0.278 e. The molecule has 1 saturated heterocycles. The van der Waals surface area contributed by atoms with Crippen LogP contribution in [0.2, 0.25) is 0 Å². The molecule has 0 unspecified atom stereocenters. The van der Waals surface area contributed by atoms with Gasteiger partial charge in [0.2, 0.25) is 0 Å². The summed E-state index contributed by atoms with van der Waals surface area (Å²) in [7, 11) is 0. The Hall–Kier alpha value is -1.75. The minimum Gasteiger partial charge on any atom is -0.284 e. The zero-order valence-electron chi connectivity index (χ0n) is 9.54. The van der Waals surface area contributed by atoms with Gasteiger partial charge in [0.1, 0.15) is 5.52 Å². The molecule has 0 N–H and O–H groups in total. The van der Waals surface area contributed by atoms with Crippen molar-refractivity contribution >= 4 is 10.9 Å². The van der Waals surface area contributed by atoms with Gasteiger partial charge in [-0.2, -0.15) is 4.68 Å². The summed E-state index contributed by atoms with van der Waals surface area (Å²) >= 11 is 0. The summed E-state index contributed by atoms with van der Waals surface area (Å²) in [6.45, 7) is 2.64. The fourth-order valence-corrected chi connectivity index (χ4v) is 2.23. The Kier molecular flexibility index (Phi) is 2.60. The second kappa shape index (κ2) is 4.25. The summed E-state index contributed by atoms with van der Waals surface area (Å²) in [5.74, 6) is 0. The lowest BCUT2D eigenvalue weighted by molar-refractivity contribution is 0.245. The molecule has 0 aliphatic carbocycles. The summed E-state index contributed by atoms with van der Waals surface area (Å²) in [6, 6.07) is 7.32. The van der Waals surface area contributed by atoms with Gasteiger partial charge in [0.05, 0.1) is 12.1 Å². The van der Waals surface area contributed by atoms with Crippen LogP contribution in [0.25, 0.3) is 10.9 Å². The molecular formula is C12H14N4O. The summed E-state index contributed by atoms with van der Waals surface area (Å²) < 4.78 is 1.45. The van der Waals surface area contributed by atoms with E-state index in [1.807, 2.05) is 18.2 Å². The van der Waals surface area contributed by atoms with Gasteiger partial charge in [0.15, 0.2) is 0 Å². The molecule has 5 nitrogen and oxygen atoms in total. The lowest BCUT2D eigenvalue weighted by atomic mass is 10.2. The SMILES string of the molecule is O=c1c2ccccc2nnn1CN1CCCC1. The monoisotopic (exact) mass is 230 g/mol. The highest BCUT2D eigenvalue weighted by molar-refractivity contribution is 5.76. The van der Waals surface area contributed by atoms with Crippen LogP contribution in [-0.4, -0.2) is 33.0 Å². The summed E-state index contributed by atoms with van der Waals surface area (Å²) in [6.07, 6.45) is 2.41. The zero-order chi connectivity index (χ0) is 11.7. The topological polar surface area (TPSA) is 51.0 Å². The number of fused-ring (bicyclic) bond motifs is 1. The maximum absolute atomic E-state index is 12.1. The summed E-state index contributed by atoms with van der Waals surface area (Å²) in [4.78, 5) is 14.4. The second-order valence-electron chi connectivity index (χ2n) is 4.38. The van der Waals surface area contributed by atoms with Gasteiger partial charge >= 0.3 is 0 Å². The number of rotatable bonds is 2. The van der Waals surface area contributed by atoms with E-state index in [4.69, 9.17) is 0 Å². The number of aromatic nitrogens is 3. The molecular weight excluding hydrogens is 216 g/mol. The lowest BCUT2D eigenvalue weighted by Crippen LogP contribution is -2.32. The van der Waals surface area contributed by atoms with Crippen LogP contribution in [0.1, 0.15) is 12.8 Å². The van der Waals surface area contributed by atoms with Crippen LogP contribution in [0.3, 0.4) is 0 Å². The van der Waals surface area contributed by atoms with Gasteiger partial charge in [-0.05, 0) is 38.1 Å².